The summed E-state index contributed by atoms with van der Waals surface area (Å²) in [4.78, 5) is 4.54. The van der Waals surface area contributed by atoms with E-state index in [2.05, 4.69) is 76.3 Å². The second-order valence-corrected chi connectivity index (χ2v) is 7.06. The molecular weight excluding hydrogens is 419 g/mol. The van der Waals surface area contributed by atoms with E-state index in [0.717, 1.165) is 11.3 Å². The van der Waals surface area contributed by atoms with Gasteiger partial charge in [0.1, 0.15) is 0 Å². The molecule has 4 heteroatoms. The minimum Gasteiger partial charge on any atom is -0.318 e. The van der Waals surface area contributed by atoms with Gasteiger partial charge in [-0.2, -0.15) is 0 Å². The first-order valence-corrected chi connectivity index (χ1v) is 8.75. The molecule has 3 rings (SSSR count). The topological polar surface area (TPSA) is 17.3 Å². The summed E-state index contributed by atoms with van der Waals surface area (Å²) >= 11 is 8.32. The molecule has 1 aromatic heterocycles. The number of aryl methyl sites for hydroxylation is 1. The lowest BCUT2D eigenvalue weighted by molar-refractivity contribution is 0.964. The zero-order valence-electron chi connectivity index (χ0n) is 12.9. The van der Waals surface area contributed by atoms with Crippen LogP contribution >= 0.6 is 34.2 Å². The van der Waals surface area contributed by atoms with Crippen molar-refractivity contribution in [2.75, 3.05) is 0 Å². The average molecular weight is 435 g/mol. The van der Waals surface area contributed by atoms with E-state index in [1.165, 1.54) is 20.6 Å². The molecule has 0 spiro atoms. The van der Waals surface area contributed by atoms with Gasteiger partial charge in [0.2, 0.25) is 0 Å². The number of hydrogen-bond donors (Lipinski definition) is 0. The Hall–Kier alpha value is -1.59. The second kappa shape index (κ2) is 6.89. The van der Waals surface area contributed by atoms with Crippen LogP contribution in [-0.4, -0.2) is 10.8 Å². The highest BCUT2D eigenvalue weighted by Gasteiger charge is 2.09. The van der Waals surface area contributed by atoms with E-state index < -0.39 is 0 Å². The minimum absolute atomic E-state index is 0.698. The number of aliphatic imine (C=N–C) groups is 1. The molecule has 2 nitrogen and oxygen atoms in total. The molecule has 0 radical (unpaired) electrons. The first-order chi connectivity index (χ1) is 11.0. The Bertz CT molecular complexity index is 864. The Labute approximate surface area is 155 Å². The van der Waals surface area contributed by atoms with Crippen LogP contribution in [0.25, 0.3) is 5.69 Å². The third kappa shape index (κ3) is 3.67. The molecule has 0 unspecified atom stereocenters. The van der Waals surface area contributed by atoms with E-state index in [-0.39, 0.29) is 0 Å². The zero-order valence-corrected chi connectivity index (χ0v) is 15.8. The molecule has 2 aromatic carbocycles. The van der Waals surface area contributed by atoms with Gasteiger partial charge in [0.15, 0.2) is 0 Å². The van der Waals surface area contributed by atoms with E-state index in [4.69, 9.17) is 11.6 Å². The maximum absolute atomic E-state index is 6.00. The molecule has 0 saturated carbocycles. The summed E-state index contributed by atoms with van der Waals surface area (Å²) in [5.41, 5.74) is 5.51. The van der Waals surface area contributed by atoms with E-state index in [1.807, 2.05) is 30.5 Å². The number of halogens is 2. The lowest BCUT2D eigenvalue weighted by Gasteiger charge is -2.09. The maximum atomic E-state index is 6.00. The summed E-state index contributed by atoms with van der Waals surface area (Å²) in [6, 6.07) is 18.2. The average Bonchev–Trinajstić information content (AvgIpc) is 2.81. The second-order valence-electron chi connectivity index (χ2n) is 5.38. The van der Waals surface area contributed by atoms with Crippen molar-refractivity contribution in [1.82, 2.24) is 4.57 Å². The first kappa shape index (κ1) is 16.3. The number of benzene rings is 2. The summed E-state index contributed by atoms with van der Waals surface area (Å²) in [6.45, 7) is 4.23. The Morgan fingerprint density at radius 1 is 1.04 bits per heavy atom. The van der Waals surface area contributed by atoms with Crippen LogP contribution in [0.3, 0.4) is 0 Å². The molecule has 0 aliphatic carbocycles. The fourth-order valence-corrected chi connectivity index (χ4v) is 3.15. The predicted molar refractivity (Wildman–Crippen MR) is 107 cm³/mol. The monoisotopic (exact) mass is 434 g/mol. The van der Waals surface area contributed by atoms with Crippen LogP contribution in [0.15, 0.2) is 59.6 Å². The van der Waals surface area contributed by atoms with Gasteiger partial charge < -0.3 is 4.57 Å². The molecule has 116 valence electrons. The Morgan fingerprint density at radius 2 is 1.78 bits per heavy atom. The molecule has 0 N–H and O–H groups in total. The number of hydrogen-bond acceptors (Lipinski definition) is 1. The summed E-state index contributed by atoms with van der Waals surface area (Å²) in [6.07, 6.45) is 1.90. The van der Waals surface area contributed by atoms with Crippen LogP contribution in [0.5, 0.6) is 0 Å². The van der Waals surface area contributed by atoms with Crippen molar-refractivity contribution < 1.29 is 0 Å². The van der Waals surface area contributed by atoms with Crippen molar-refractivity contribution in [1.29, 1.82) is 0 Å². The third-order valence-corrected chi connectivity index (χ3v) is 4.67. The highest BCUT2D eigenvalue weighted by Crippen LogP contribution is 2.22. The Balaban J connectivity index is 1.96. The van der Waals surface area contributed by atoms with Gasteiger partial charge in [-0.1, -0.05) is 17.7 Å². The van der Waals surface area contributed by atoms with Crippen molar-refractivity contribution in [3.8, 4) is 5.69 Å². The summed E-state index contributed by atoms with van der Waals surface area (Å²) in [5.74, 6) is 0. The smallest absolute Gasteiger partial charge is 0.0644 e. The zero-order chi connectivity index (χ0) is 16.4. The normalized spacial score (nSPS) is 11.3. The van der Waals surface area contributed by atoms with Gasteiger partial charge >= 0.3 is 0 Å². The molecule has 0 aliphatic rings. The fourth-order valence-electron chi connectivity index (χ4n) is 2.61. The molecule has 23 heavy (non-hydrogen) atoms. The van der Waals surface area contributed by atoms with Crippen LogP contribution in [0.2, 0.25) is 5.02 Å². The lowest BCUT2D eigenvalue weighted by atomic mass is 10.2. The number of rotatable bonds is 3. The molecule has 0 bridgehead atoms. The quantitative estimate of drug-likeness (QED) is 0.350. The molecular formula is C19H16ClIN2. The van der Waals surface area contributed by atoms with Gasteiger partial charge in [0.25, 0.3) is 0 Å². The van der Waals surface area contributed by atoms with Crippen molar-refractivity contribution in [2.45, 2.75) is 13.8 Å². The number of nitrogens with zero attached hydrogens (tertiary/aromatic N) is 2. The molecule has 0 amide bonds. The van der Waals surface area contributed by atoms with Gasteiger partial charge in [-0.3, -0.25) is 4.99 Å². The van der Waals surface area contributed by atoms with Crippen LogP contribution in [0.4, 0.5) is 5.69 Å². The van der Waals surface area contributed by atoms with Crippen LogP contribution < -0.4 is 0 Å². The van der Waals surface area contributed by atoms with Crippen molar-refractivity contribution in [3.05, 3.63) is 80.1 Å². The van der Waals surface area contributed by atoms with E-state index >= 15 is 0 Å². The molecule has 0 saturated heterocycles. The van der Waals surface area contributed by atoms with E-state index in [1.54, 1.807) is 0 Å². The SMILES string of the molecule is Cc1cc(C=Nc2cccc(Cl)c2)c(C)n1-c1ccc(I)cc1. The van der Waals surface area contributed by atoms with Gasteiger partial charge in [-0.25, -0.2) is 0 Å². The largest absolute Gasteiger partial charge is 0.318 e. The molecule has 0 aliphatic heterocycles. The summed E-state index contributed by atoms with van der Waals surface area (Å²) < 4.78 is 3.48. The Kier molecular flexibility index (Phi) is 4.87. The standard InChI is InChI=1S/C19H16ClIN2/c1-13-10-15(12-22-18-5-3-4-16(20)11-18)14(2)23(13)19-8-6-17(21)7-9-19/h3-12H,1-2H3. The predicted octanol–water partition coefficient (Wildman–Crippen LogP) is 6.10. The van der Waals surface area contributed by atoms with E-state index in [9.17, 15) is 0 Å². The van der Waals surface area contributed by atoms with Crippen molar-refractivity contribution >= 4 is 46.1 Å². The fraction of sp³-hybridized carbons (Fsp3) is 0.105. The maximum Gasteiger partial charge on any atom is 0.0644 e. The lowest BCUT2D eigenvalue weighted by Crippen LogP contribution is -1.99. The molecule has 1 heterocycles. The number of aromatic nitrogens is 1. The summed E-state index contributed by atoms with van der Waals surface area (Å²) in [7, 11) is 0. The molecule has 0 atom stereocenters. The highest BCUT2D eigenvalue weighted by atomic mass is 127. The van der Waals surface area contributed by atoms with Gasteiger partial charge in [-0.05, 0) is 85.0 Å². The van der Waals surface area contributed by atoms with Gasteiger partial charge in [0, 0.05) is 37.4 Å². The van der Waals surface area contributed by atoms with Gasteiger partial charge in [0.05, 0.1) is 5.69 Å². The van der Waals surface area contributed by atoms with Crippen molar-refractivity contribution in [2.24, 2.45) is 4.99 Å². The van der Waals surface area contributed by atoms with Crippen LogP contribution in [0, 0.1) is 17.4 Å². The van der Waals surface area contributed by atoms with E-state index in [0.29, 0.717) is 5.02 Å². The van der Waals surface area contributed by atoms with Crippen LogP contribution in [0.1, 0.15) is 17.0 Å². The first-order valence-electron chi connectivity index (χ1n) is 7.29. The highest BCUT2D eigenvalue weighted by molar-refractivity contribution is 14.1. The summed E-state index contributed by atoms with van der Waals surface area (Å²) in [5, 5.41) is 0.698. The van der Waals surface area contributed by atoms with Crippen LogP contribution in [-0.2, 0) is 0 Å². The minimum atomic E-state index is 0.698. The molecule has 0 fully saturated rings. The Morgan fingerprint density at radius 3 is 2.48 bits per heavy atom. The molecule has 3 aromatic rings. The third-order valence-electron chi connectivity index (χ3n) is 3.72. The van der Waals surface area contributed by atoms with Crippen molar-refractivity contribution in [3.63, 3.8) is 0 Å². The van der Waals surface area contributed by atoms with Gasteiger partial charge in [-0.15, -0.1) is 0 Å².